The zero-order chi connectivity index (χ0) is 13.9. The highest BCUT2D eigenvalue weighted by Gasteiger charge is 2.23. The standard InChI is InChI=1S/C14H18N4O2/c15-13(19)16-8-10-4-3-7-18(9-10)14-17-11-5-1-2-6-12(11)20-14/h1-2,5-6,10H,3-4,7-9H2,(H3,15,16,19)/t10-/m1/s1. The number of nitrogens with one attached hydrogen (secondary N) is 1. The van der Waals surface area contributed by atoms with E-state index < -0.39 is 6.03 Å². The van der Waals surface area contributed by atoms with Gasteiger partial charge in [0.25, 0.3) is 6.01 Å². The summed E-state index contributed by atoms with van der Waals surface area (Å²) in [5, 5.41) is 2.67. The maximum absolute atomic E-state index is 10.8. The fraction of sp³-hybridized carbons (Fsp3) is 0.429. The minimum Gasteiger partial charge on any atom is -0.423 e. The molecule has 3 N–H and O–H groups in total. The highest BCUT2D eigenvalue weighted by atomic mass is 16.4. The van der Waals surface area contributed by atoms with Gasteiger partial charge in [0, 0.05) is 19.6 Å². The van der Waals surface area contributed by atoms with Crippen molar-refractivity contribution >= 4 is 23.1 Å². The van der Waals surface area contributed by atoms with Crippen LogP contribution in [0.5, 0.6) is 0 Å². The van der Waals surface area contributed by atoms with Crippen LogP contribution in [0.4, 0.5) is 10.8 Å². The highest BCUT2D eigenvalue weighted by molar-refractivity contribution is 5.74. The van der Waals surface area contributed by atoms with Gasteiger partial charge >= 0.3 is 6.03 Å². The lowest BCUT2D eigenvalue weighted by molar-refractivity contribution is 0.245. The van der Waals surface area contributed by atoms with Crippen molar-refractivity contribution < 1.29 is 9.21 Å². The lowest BCUT2D eigenvalue weighted by Crippen LogP contribution is -2.42. The number of urea groups is 1. The van der Waals surface area contributed by atoms with Crippen LogP contribution in [0.3, 0.4) is 0 Å². The number of benzene rings is 1. The van der Waals surface area contributed by atoms with E-state index >= 15 is 0 Å². The molecule has 1 aliphatic heterocycles. The van der Waals surface area contributed by atoms with E-state index in [1.54, 1.807) is 0 Å². The largest absolute Gasteiger partial charge is 0.423 e. The molecule has 1 aromatic carbocycles. The summed E-state index contributed by atoms with van der Waals surface area (Å²) >= 11 is 0. The number of carbonyl (C=O) groups excluding carboxylic acids is 1. The van der Waals surface area contributed by atoms with Gasteiger partial charge in [-0.05, 0) is 30.9 Å². The highest BCUT2D eigenvalue weighted by Crippen LogP contribution is 2.25. The van der Waals surface area contributed by atoms with E-state index in [0.29, 0.717) is 18.5 Å². The molecular weight excluding hydrogens is 256 g/mol. The lowest BCUT2D eigenvalue weighted by Gasteiger charge is -2.31. The number of amides is 2. The second-order valence-electron chi connectivity index (χ2n) is 5.16. The van der Waals surface area contributed by atoms with Crippen molar-refractivity contribution in [1.29, 1.82) is 0 Å². The van der Waals surface area contributed by atoms with Crippen molar-refractivity contribution in [2.45, 2.75) is 12.8 Å². The maximum Gasteiger partial charge on any atom is 0.312 e. The van der Waals surface area contributed by atoms with Crippen LogP contribution in [0, 0.1) is 5.92 Å². The first-order valence-corrected chi connectivity index (χ1v) is 6.86. The quantitative estimate of drug-likeness (QED) is 0.892. The van der Waals surface area contributed by atoms with Crippen LogP contribution in [0.1, 0.15) is 12.8 Å². The molecule has 0 spiro atoms. The Kier molecular flexibility index (Phi) is 3.45. The molecule has 2 amide bonds. The van der Waals surface area contributed by atoms with E-state index in [4.69, 9.17) is 10.2 Å². The number of hydrogen-bond donors (Lipinski definition) is 2. The molecule has 2 heterocycles. The molecule has 0 unspecified atom stereocenters. The van der Waals surface area contributed by atoms with E-state index in [1.807, 2.05) is 24.3 Å². The van der Waals surface area contributed by atoms with Gasteiger partial charge in [-0.15, -0.1) is 0 Å². The van der Waals surface area contributed by atoms with Gasteiger partial charge in [-0.1, -0.05) is 12.1 Å². The second kappa shape index (κ2) is 5.40. The zero-order valence-corrected chi connectivity index (χ0v) is 11.2. The van der Waals surface area contributed by atoms with Gasteiger partial charge < -0.3 is 20.4 Å². The number of aromatic nitrogens is 1. The third-order valence-electron chi connectivity index (χ3n) is 3.64. The number of rotatable bonds is 3. The Morgan fingerprint density at radius 2 is 2.35 bits per heavy atom. The summed E-state index contributed by atoms with van der Waals surface area (Å²) in [5.41, 5.74) is 6.79. The molecule has 6 heteroatoms. The van der Waals surface area contributed by atoms with Crippen LogP contribution >= 0.6 is 0 Å². The second-order valence-corrected chi connectivity index (χ2v) is 5.16. The van der Waals surface area contributed by atoms with E-state index in [-0.39, 0.29) is 0 Å². The van der Waals surface area contributed by atoms with Crippen molar-refractivity contribution in [3.63, 3.8) is 0 Å². The van der Waals surface area contributed by atoms with E-state index in [0.717, 1.165) is 37.0 Å². The van der Waals surface area contributed by atoms with Crippen LogP contribution in [-0.4, -0.2) is 30.6 Å². The Balaban J connectivity index is 1.71. The lowest BCUT2D eigenvalue weighted by atomic mass is 9.98. The third kappa shape index (κ3) is 2.68. The van der Waals surface area contributed by atoms with Crippen molar-refractivity contribution in [1.82, 2.24) is 10.3 Å². The fourth-order valence-corrected chi connectivity index (χ4v) is 2.65. The van der Waals surface area contributed by atoms with E-state index in [9.17, 15) is 4.79 Å². The normalized spacial score (nSPS) is 19.2. The van der Waals surface area contributed by atoms with Crippen molar-refractivity contribution in [3.8, 4) is 0 Å². The fourth-order valence-electron chi connectivity index (χ4n) is 2.65. The van der Waals surface area contributed by atoms with Crippen LogP contribution in [0.15, 0.2) is 28.7 Å². The zero-order valence-electron chi connectivity index (χ0n) is 11.2. The molecule has 1 aromatic heterocycles. The summed E-state index contributed by atoms with van der Waals surface area (Å²) in [6.07, 6.45) is 2.14. The minimum atomic E-state index is -0.469. The number of nitrogens with zero attached hydrogens (tertiary/aromatic N) is 2. The number of nitrogens with two attached hydrogens (primary N) is 1. The summed E-state index contributed by atoms with van der Waals surface area (Å²) in [6.45, 7) is 2.36. The van der Waals surface area contributed by atoms with Gasteiger partial charge in [0.2, 0.25) is 0 Å². The average molecular weight is 274 g/mol. The molecule has 106 valence electrons. The van der Waals surface area contributed by atoms with Crippen molar-refractivity contribution in [2.24, 2.45) is 11.7 Å². The third-order valence-corrected chi connectivity index (χ3v) is 3.64. The first-order valence-electron chi connectivity index (χ1n) is 6.86. The number of para-hydroxylation sites is 2. The topological polar surface area (TPSA) is 84.4 Å². The Hall–Kier alpha value is -2.24. The summed E-state index contributed by atoms with van der Waals surface area (Å²) < 4.78 is 5.78. The van der Waals surface area contributed by atoms with Gasteiger partial charge in [0.1, 0.15) is 5.52 Å². The number of piperidine rings is 1. The molecule has 1 atom stereocenters. The number of anilines is 1. The molecule has 1 fully saturated rings. The van der Waals surface area contributed by atoms with E-state index in [2.05, 4.69) is 15.2 Å². The molecular formula is C14H18N4O2. The molecule has 20 heavy (non-hydrogen) atoms. The van der Waals surface area contributed by atoms with Crippen LogP contribution < -0.4 is 16.0 Å². The average Bonchev–Trinajstić information content (AvgIpc) is 2.89. The Morgan fingerprint density at radius 1 is 1.50 bits per heavy atom. The number of oxazole rings is 1. The molecule has 1 aliphatic rings. The van der Waals surface area contributed by atoms with Crippen LogP contribution in [-0.2, 0) is 0 Å². The molecule has 0 aliphatic carbocycles. The molecule has 0 radical (unpaired) electrons. The van der Waals surface area contributed by atoms with Gasteiger partial charge in [-0.2, -0.15) is 4.98 Å². The van der Waals surface area contributed by atoms with Gasteiger partial charge in [-0.25, -0.2) is 4.79 Å². The molecule has 3 rings (SSSR count). The summed E-state index contributed by atoms with van der Waals surface area (Å²) in [5.74, 6) is 0.381. The SMILES string of the molecule is NC(=O)NC[C@H]1CCCN(c2nc3ccccc3o2)C1. The van der Waals surface area contributed by atoms with Crippen molar-refractivity contribution in [2.75, 3.05) is 24.5 Å². The van der Waals surface area contributed by atoms with Gasteiger partial charge in [-0.3, -0.25) is 0 Å². The smallest absolute Gasteiger partial charge is 0.312 e. The molecule has 6 nitrogen and oxygen atoms in total. The predicted octanol–water partition coefficient (Wildman–Crippen LogP) is 1.71. The summed E-state index contributed by atoms with van der Waals surface area (Å²) in [7, 11) is 0. The van der Waals surface area contributed by atoms with E-state index in [1.165, 1.54) is 0 Å². The monoisotopic (exact) mass is 274 g/mol. The summed E-state index contributed by atoms with van der Waals surface area (Å²) in [4.78, 5) is 17.4. The molecule has 1 saturated heterocycles. The Labute approximate surface area is 116 Å². The van der Waals surface area contributed by atoms with Crippen molar-refractivity contribution in [3.05, 3.63) is 24.3 Å². The Morgan fingerprint density at radius 3 is 3.15 bits per heavy atom. The minimum absolute atomic E-state index is 0.381. The van der Waals surface area contributed by atoms with Crippen LogP contribution in [0.25, 0.3) is 11.1 Å². The Bertz CT molecular complexity index is 577. The van der Waals surface area contributed by atoms with Gasteiger partial charge in [0.15, 0.2) is 5.58 Å². The molecule has 0 saturated carbocycles. The maximum atomic E-state index is 10.8. The number of hydrogen-bond acceptors (Lipinski definition) is 4. The summed E-state index contributed by atoms with van der Waals surface area (Å²) in [6, 6.07) is 7.94. The number of fused-ring (bicyclic) bond motifs is 1. The van der Waals surface area contributed by atoms with Gasteiger partial charge in [0.05, 0.1) is 0 Å². The number of carbonyl (C=O) groups is 1. The predicted molar refractivity (Wildman–Crippen MR) is 76.5 cm³/mol. The molecule has 0 bridgehead atoms. The first kappa shape index (κ1) is 12.8. The van der Waals surface area contributed by atoms with Crippen LogP contribution in [0.2, 0.25) is 0 Å². The first-order chi connectivity index (χ1) is 9.72. The number of primary amides is 1. The molecule has 2 aromatic rings.